The molecule has 174 valence electrons. The summed E-state index contributed by atoms with van der Waals surface area (Å²) in [7, 11) is 1.69. The zero-order chi connectivity index (χ0) is 23.2. The molecule has 0 aromatic heterocycles. The first-order valence-electron chi connectivity index (χ1n) is 10.1. The van der Waals surface area contributed by atoms with Crippen LogP contribution in [0.15, 0.2) is 24.3 Å². The molecule has 2 aliphatic rings. The highest BCUT2D eigenvalue weighted by atomic mass is 19.4. The van der Waals surface area contributed by atoms with Gasteiger partial charge in [0.05, 0.1) is 25.2 Å². The minimum atomic E-state index is -5.08. The fourth-order valence-corrected chi connectivity index (χ4v) is 3.61. The van der Waals surface area contributed by atoms with Gasteiger partial charge in [-0.05, 0) is 30.0 Å². The lowest BCUT2D eigenvalue weighted by Gasteiger charge is -2.32. The van der Waals surface area contributed by atoms with Crippen molar-refractivity contribution in [3.63, 3.8) is 0 Å². The molecule has 1 aromatic carbocycles. The molecule has 1 amide bonds. The smallest absolute Gasteiger partial charge is 0.490 e. The number of halogens is 3. The number of nitrogens with one attached hydrogen (secondary N) is 1. The van der Waals surface area contributed by atoms with Crippen molar-refractivity contribution in [3.05, 3.63) is 29.8 Å². The van der Waals surface area contributed by atoms with Crippen LogP contribution in [0.5, 0.6) is 5.75 Å². The summed E-state index contributed by atoms with van der Waals surface area (Å²) in [5.41, 5.74) is 1.23. The number of nitrogens with zero attached hydrogens (tertiary/aromatic N) is 1. The molecule has 3 rings (SSSR count). The number of carboxylic acid groups (broad SMARTS) is 1. The van der Waals surface area contributed by atoms with E-state index in [1.165, 1.54) is 5.56 Å². The molecular formula is C21H29F3N2O5. The van der Waals surface area contributed by atoms with Crippen LogP contribution >= 0.6 is 0 Å². The fraction of sp³-hybridized carbons (Fsp3) is 0.619. The molecule has 7 nitrogen and oxygen atoms in total. The Morgan fingerprint density at radius 3 is 2.58 bits per heavy atom. The average Bonchev–Trinajstić information content (AvgIpc) is 3.00. The van der Waals surface area contributed by atoms with Crippen LogP contribution in [0.25, 0.3) is 0 Å². The Bertz CT molecular complexity index is 757. The lowest BCUT2D eigenvalue weighted by Crippen LogP contribution is -2.45. The fourth-order valence-electron chi connectivity index (χ4n) is 3.61. The molecule has 0 unspecified atom stereocenters. The Labute approximate surface area is 179 Å². The van der Waals surface area contributed by atoms with Gasteiger partial charge in [0.15, 0.2) is 0 Å². The second-order valence-electron chi connectivity index (χ2n) is 8.13. The van der Waals surface area contributed by atoms with Crippen LogP contribution in [0.3, 0.4) is 0 Å². The Balaban J connectivity index is 0.000000423. The normalized spacial score (nSPS) is 23.1. The number of morpholine rings is 1. The van der Waals surface area contributed by atoms with Gasteiger partial charge in [0.2, 0.25) is 5.91 Å². The highest BCUT2D eigenvalue weighted by molar-refractivity contribution is 5.79. The number of benzene rings is 1. The third-order valence-electron chi connectivity index (χ3n) is 5.04. The number of rotatable bonds is 6. The summed E-state index contributed by atoms with van der Waals surface area (Å²) in [6.07, 6.45) is -4.06. The van der Waals surface area contributed by atoms with Crippen molar-refractivity contribution in [1.82, 2.24) is 10.2 Å². The zero-order valence-corrected chi connectivity index (χ0v) is 17.8. The molecule has 2 bridgehead atoms. The predicted molar refractivity (Wildman–Crippen MR) is 107 cm³/mol. The predicted octanol–water partition coefficient (Wildman–Crippen LogP) is 2.69. The van der Waals surface area contributed by atoms with Crippen molar-refractivity contribution in [3.8, 4) is 5.75 Å². The Morgan fingerprint density at radius 2 is 2.00 bits per heavy atom. The molecule has 31 heavy (non-hydrogen) atoms. The summed E-state index contributed by atoms with van der Waals surface area (Å²) in [5, 5.41) is 10.2. The van der Waals surface area contributed by atoms with Gasteiger partial charge in [-0.3, -0.25) is 9.69 Å². The van der Waals surface area contributed by atoms with Crippen molar-refractivity contribution in [1.29, 1.82) is 0 Å². The molecule has 0 aliphatic carbocycles. The molecular weight excluding hydrogens is 417 g/mol. The number of ether oxygens (including phenoxy) is 2. The van der Waals surface area contributed by atoms with E-state index in [4.69, 9.17) is 19.4 Å². The molecule has 2 aliphatic heterocycles. The van der Waals surface area contributed by atoms with Crippen LogP contribution in [0.4, 0.5) is 13.2 Å². The quantitative estimate of drug-likeness (QED) is 0.699. The number of carbonyl (C=O) groups excluding carboxylic acids is 1. The topological polar surface area (TPSA) is 88.1 Å². The molecule has 0 saturated carbocycles. The molecule has 0 radical (unpaired) electrons. The molecule has 3 atom stereocenters. The maximum Gasteiger partial charge on any atom is 0.490 e. The number of carboxylic acids is 1. The molecule has 2 fully saturated rings. The summed E-state index contributed by atoms with van der Waals surface area (Å²) >= 11 is 0. The van der Waals surface area contributed by atoms with Crippen molar-refractivity contribution in [2.24, 2.45) is 11.8 Å². The molecule has 2 saturated heterocycles. The first-order chi connectivity index (χ1) is 14.5. The summed E-state index contributed by atoms with van der Waals surface area (Å²) in [5.74, 6) is -1.26. The SMILES string of the molecule is COc1cccc(CN2C[C@H]3C[C@H](C(=O)NCC(C)C)[C@@H](C2)O3)c1.O=C(O)C(F)(F)F. The van der Waals surface area contributed by atoms with E-state index >= 15 is 0 Å². The van der Waals surface area contributed by atoms with Gasteiger partial charge in [-0.2, -0.15) is 13.2 Å². The third kappa shape index (κ3) is 7.70. The van der Waals surface area contributed by atoms with E-state index in [-0.39, 0.29) is 24.0 Å². The van der Waals surface area contributed by atoms with Crippen LogP contribution in [-0.4, -0.2) is 67.0 Å². The zero-order valence-electron chi connectivity index (χ0n) is 17.8. The summed E-state index contributed by atoms with van der Waals surface area (Å²) in [6.45, 7) is 7.53. The number of carbonyl (C=O) groups is 2. The largest absolute Gasteiger partial charge is 0.497 e. The van der Waals surface area contributed by atoms with Gasteiger partial charge >= 0.3 is 12.1 Å². The highest BCUT2D eigenvalue weighted by Crippen LogP contribution is 2.33. The Morgan fingerprint density at radius 1 is 1.32 bits per heavy atom. The van der Waals surface area contributed by atoms with Gasteiger partial charge < -0.3 is 19.9 Å². The number of aliphatic carboxylic acids is 1. The van der Waals surface area contributed by atoms with Gasteiger partial charge in [-0.15, -0.1) is 0 Å². The van der Waals surface area contributed by atoms with Crippen LogP contribution in [0.1, 0.15) is 25.8 Å². The Kier molecular flexibility index (Phi) is 8.69. The number of fused-ring (bicyclic) bond motifs is 2. The molecule has 1 aromatic rings. The average molecular weight is 446 g/mol. The highest BCUT2D eigenvalue weighted by Gasteiger charge is 2.44. The number of likely N-dealkylation sites (tertiary alicyclic amines) is 1. The molecule has 2 heterocycles. The van der Waals surface area contributed by atoms with E-state index in [1.54, 1.807) is 7.11 Å². The lowest BCUT2D eigenvalue weighted by molar-refractivity contribution is -0.192. The monoisotopic (exact) mass is 446 g/mol. The van der Waals surface area contributed by atoms with Crippen LogP contribution in [0, 0.1) is 11.8 Å². The standard InChI is InChI=1S/C19H28N2O3.C2HF3O2/c1-13(2)9-20-19(22)17-8-16-11-21(12-18(17)24-16)10-14-5-4-6-15(7-14)23-3;3-2(4,5)1(6)7/h4-7,13,16-18H,8-12H2,1-3H3,(H,20,22);(H,6,7)/t16-,17+,18-;/m1./s1. The number of alkyl halides is 3. The third-order valence-corrected chi connectivity index (χ3v) is 5.04. The van der Waals surface area contributed by atoms with Gasteiger partial charge in [0.25, 0.3) is 0 Å². The maximum absolute atomic E-state index is 12.4. The summed E-state index contributed by atoms with van der Waals surface area (Å²) in [6, 6.07) is 8.17. The van der Waals surface area contributed by atoms with Gasteiger partial charge in [0.1, 0.15) is 5.75 Å². The van der Waals surface area contributed by atoms with Crippen molar-refractivity contribution >= 4 is 11.9 Å². The summed E-state index contributed by atoms with van der Waals surface area (Å²) < 4.78 is 43.1. The number of hydrogen-bond acceptors (Lipinski definition) is 5. The van der Waals surface area contributed by atoms with Crippen LogP contribution in [-0.2, 0) is 20.9 Å². The number of amides is 1. The number of hydrogen-bond donors (Lipinski definition) is 2. The second kappa shape index (κ2) is 10.8. The van der Waals surface area contributed by atoms with E-state index in [9.17, 15) is 18.0 Å². The van der Waals surface area contributed by atoms with Gasteiger partial charge in [-0.1, -0.05) is 26.0 Å². The molecule has 0 spiro atoms. The maximum atomic E-state index is 12.4. The van der Waals surface area contributed by atoms with Crippen molar-refractivity contribution in [2.45, 2.75) is 45.2 Å². The first kappa shape index (κ1) is 24.9. The minimum Gasteiger partial charge on any atom is -0.497 e. The number of methoxy groups -OCH3 is 1. The second-order valence-corrected chi connectivity index (χ2v) is 8.13. The minimum absolute atomic E-state index is 0.0101. The van der Waals surface area contributed by atoms with E-state index in [1.807, 2.05) is 12.1 Å². The van der Waals surface area contributed by atoms with Gasteiger partial charge in [-0.25, -0.2) is 4.79 Å². The van der Waals surface area contributed by atoms with Crippen LogP contribution in [0.2, 0.25) is 0 Å². The van der Waals surface area contributed by atoms with Gasteiger partial charge in [0, 0.05) is 26.2 Å². The van der Waals surface area contributed by atoms with E-state index in [0.29, 0.717) is 5.92 Å². The van der Waals surface area contributed by atoms with Crippen molar-refractivity contribution < 1.29 is 37.3 Å². The van der Waals surface area contributed by atoms with E-state index in [2.05, 4.69) is 36.2 Å². The van der Waals surface area contributed by atoms with Crippen LogP contribution < -0.4 is 10.1 Å². The lowest BCUT2D eigenvalue weighted by atomic mass is 9.99. The molecule has 10 heteroatoms. The van der Waals surface area contributed by atoms with E-state index in [0.717, 1.165) is 38.3 Å². The molecule has 2 N–H and O–H groups in total. The first-order valence-corrected chi connectivity index (χ1v) is 10.1. The summed E-state index contributed by atoms with van der Waals surface area (Å²) in [4.78, 5) is 23.7. The van der Waals surface area contributed by atoms with Crippen molar-refractivity contribution in [2.75, 3.05) is 26.7 Å². The Hall–Kier alpha value is -2.33. The van der Waals surface area contributed by atoms with E-state index < -0.39 is 12.1 Å².